The maximum Gasteiger partial charge on any atom is 0.416 e. The predicted octanol–water partition coefficient (Wildman–Crippen LogP) is 4.35. The Balaban J connectivity index is 2.25. The van der Waals surface area contributed by atoms with Crippen LogP contribution in [0, 0.1) is 0 Å². The fraction of sp³-hybridized carbons (Fsp3) is 0.350. The van der Waals surface area contributed by atoms with Gasteiger partial charge in [0.15, 0.2) is 18.1 Å². The Labute approximate surface area is 188 Å². The zero-order valence-corrected chi connectivity index (χ0v) is 18.9. The summed E-state index contributed by atoms with van der Waals surface area (Å²) in [6, 6.07) is 5.65. The van der Waals surface area contributed by atoms with Crippen LogP contribution in [0.5, 0.6) is 11.5 Å². The summed E-state index contributed by atoms with van der Waals surface area (Å²) in [5, 5.41) is -0.349. The van der Waals surface area contributed by atoms with Crippen molar-refractivity contribution in [2.75, 3.05) is 20.3 Å². The van der Waals surface area contributed by atoms with Gasteiger partial charge in [-0.25, -0.2) is 17.9 Å². The van der Waals surface area contributed by atoms with Crippen LogP contribution in [0.15, 0.2) is 41.3 Å². The van der Waals surface area contributed by atoms with Gasteiger partial charge < -0.3 is 14.2 Å². The topological polar surface area (TPSA) is 90.9 Å². The molecule has 0 aliphatic carbocycles. The molecule has 1 N–H and O–H groups in total. The first-order valence-electron chi connectivity index (χ1n) is 9.24. The second kappa shape index (κ2) is 10.4. The van der Waals surface area contributed by atoms with Crippen LogP contribution in [0.25, 0.3) is 0 Å². The van der Waals surface area contributed by atoms with Gasteiger partial charge in [-0.3, -0.25) is 0 Å². The van der Waals surface area contributed by atoms with Crippen LogP contribution < -0.4 is 14.2 Å². The van der Waals surface area contributed by atoms with Crippen molar-refractivity contribution in [3.05, 3.63) is 52.5 Å². The van der Waals surface area contributed by atoms with E-state index in [-0.39, 0.29) is 29.7 Å². The molecule has 2 rings (SSSR count). The average molecular weight is 496 g/mol. The van der Waals surface area contributed by atoms with E-state index in [2.05, 4.69) is 4.72 Å². The minimum Gasteiger partial charge on any atom is -0.493 e. The highest BCUT2D eigenvalue weighted by Gasteiger charge is 2.33. The number of esters is 1. The van der Waals surface area contributed by atoms with Crippen molar-refractivity contribution in [1.82, 2.24) is 4.72 Å². The fourth-order valence-corrected chi connectivity index (χ4v) is 4.42. The van der Waals surface area contributed by atoms with Crippen LogP contribution in [-0.4, -0.2) is 34.7 Å². The van der Waals surface area contributed by atoms with Gasteiger partial charge in [0.2, 0.25) is 10.0 Å². The predicted molar refractivity (Wildman–Crippen MR) is 110 cm³/mol. The number of halogens is 4. The highest BCUT2D eigenvalue weighted by atomic mass is 35.5. The quantitative estimate of drug-likeness (QED) is 0.520. The van der Waals surface area contributed by atoms with Crippen molar-refractivity contribution in [2.24, 2.45) is 0 Å². The molecule has 0 aromatic heterocycles. The smallest absolute Gasteiger partial charge is 0.416 e. The number of ether oxygens (including phenoxy) is 3. The standard InChI is InChI=1S/C20H21ClF3NO6S/c1-4-30-19(26)11-31-16-8-5-13(9-17(16)29-3)12(2)25-32(27,28)18-10-14(20(22,23)24)6-7-15(18)21/h5-10,12,25H,4,11H2,1-3H3/t12-/m0/s1. The summed E-state index contributed by atoms with van der Waals surface area (Å²) in [5.74, 6) is -0.132. The molecule has 0 unspecified atom stereocenters. The van der Waals surface area contributed by atoms with Gasteiger partial charge in [0.25, 0.3) is 0 Å². The van der Waals surface area contributed by atoms with E-state index in [9.17, 15) is 26.4 Å². The van der Waals surface area contributed by atoms with Crippen LogP contribution >= 0.6 is 11.6 Å². The lowest BCUT2D eigenvalue weighted by atomic mass is 10.1. The molecule has 2 aromatic carbocycles. The van der Waals surface area contributed by atoms with Crippen molar-refractivity contribution < 1.29 is 40.6 Å². The van der Waals surface area contributed by atoms with Gasteiger partial charge in [-0.1, -0.05) is 17.7 Å². The molecule has 0 amide bonds. The molecule has 0 spiro atoms. The normalized spacial score (nSPS) is 12.8. The van der Waals surface area contributed by atoms with Crippen LogP contribution in [-0.2, 0) is 25.7 Å². The number of hydrogen-bond donors (Lipinski definition) is 1. The third-order valence-electron chi connectivity index (χ3n) is 4.22. The van der Waals surface area contributed by atoms with Gasteiger partial charge >= 0.3 is 12.1 Å². The zero-order valence-electron chi connectivity index (χ0n) is 17.3. The molecule has 0 heterocycles. The van der Waals surface area contributed by atoms with E-state index in [0.717, 1.165) is 6.07 Å². The monoisotopic (exact) mass is 495 g/mol. The summed E-state index contributed by atoms with van der Waals surface area (Å²) < 4.78 is 82.0. The zero-order chi connectivity index (χ0) is 24.1. The molecular weight excluding hydrogens is 475 g/mol. The van der Waals surface area contributed by atoms with Gasteiger partial charge in [0.1, 0.15) is 4.90 Å². The molecule has 0 saturated heterocycles. The largest absolute Gasteiger partial charge is 0.493 e. The molecule has 0 bridgehead atoms. The van der Waals surface area contributed by atoms with Crippen molar-refractivity contribution in [1.29, 1.82) is 0 Å². The van der Waals surface area contributed by atoms with Gasteiger partial charge in [-0.2, -0.15) is 13.2 Å². The van der Waals surface area contributed by atoms with E-state index < -0.39 is 38.7 Å². The summed E-state index contributed by atoms with van der Waals surface area (Å²) in [7, 11) is -3.04. The molecule has 1 atom stereocenters. The maximum atomic E-state index is 13.0. The fourth-order valence-electron chi connectivity index (χ4n) is 2.66. The van der Waals surface area contributed by atoms with E-state index in [4.69, 9.17) is 25.8 Å². The number of methoxy groups -OCH3 is 1. The van der Waals surface area contributed by atoms with Gasteiger partial charge in [0, 0.05) is 6.04 Å². The van der Waals surface area contributed by atoms with Crippen LogP contribution in [0.1, 0.15) is 31.0 Å². The lowest BCUT2D eigenvalue weighted by Gasteiger charge is -2.18. The first kappa shape index (κ1) is 25.8. The Bertz CT molecular complexity index is 1080. The lowest BCUT2D eigenvalue weighted by molar-refractivity contribution is -0.145. The van der Waals surface area contributed by atoms with E-state index in [1.807, 2.05) is 0 Å². The van der Waals surface area contributed by atoms with Crippen LogP contribution in [0.4, 0.5) is 13.2 Å². The van der Waals surface area contributed by atoms with Gasteiger partial charge in [0.05, 0.1) is 24.3 Å². The highest BCUT2D eigenvalue weighted by Crippen LogP contribution is 2.34. The lowest BCUT2D eigenvalue weighted by Crippen LogP contribution is -2.27. The molecule has 2 aromatic rings. The van der Waals surface area contributed by atoms with E-state index in [0.29, 0.717) is 17.7 Å². The summed E-state index contributed by atoms with van der Waals surface area (Å²) in [6.45, 7) is 3.00. The summed E-state index contributed by atoms with van der Waals surface area (Å²) >= 11 is 5.85. The second-order valence-corrected chi connectivity index (χ2v) is 8.58. The average Bonchev–Trinajstić information content (AvgIpc) is 2.71. The molecule has 176 valence electrons. The third-order valence-corrected chi connectivity index (χ3v) is 6.24. The second-order valence-electron chi connectivity index (χ2n) is 6.49. The number of sulfonamides is 1. The van der Waals surface area contributed by atoms with Crippen molar-refractivity contribution >= 4 is 27.6 Å². The number of carbonyl (C=O) groups excluding carboxylic acids is 1. The molecular formula is C20H21ClF3NO6S. The SMILES string of the molecule is CCOC(=O)COc1ccc([C@H](C)NS(=O)(=O)c2cc(C(F)(F)F)ccc2Cl)cc1OC. The molecule has 0 aliphatic rings. The van der Waals surface area contributed by atoms with E-state index in [1.54, 1.807) is 6.92 Å². The van der Waals surface area contributed by atoms with Gasteiger partial charge in [-0.05, 0) is 49.7 Å². The first-order chi connectivity index (χ1) is 14.9. The first-order valence-corrected chi connectivity index (χ1v) is 11.1. The third kappa shape index (κ3) is 6.50. The maximum absolute atomic E-state index is 13.0. The van der Waals surface area contributed by atoms with E-state index >= 15 is 0 Å². The Kier molecular flexibility index (Phi) is 8.38. The number of benzene rings is 2. The molecule has 7 nitrogen and oxygen atoms in total. The summed E-state index contributed by atoms with van der Waals surface area (Å²) in [5.41, 5.74) is -0.711. The molecule has 32 heavy (non-hydrogen) atoms. The number of hydrogen-bond acceptors (Lipinski definition) is 6. The molecule has 0 aliphatic heterocycles. The van der Waals surface area contributed by atoms with Crippen LogP contribution in [0.2, 0.25) is 5.02 Å². The summed E-state index contributed by atoms with van der Waals surface area (Å²) in [4.78, 5) is 10.8. The number of alkyl halides is 3. The Morgan fingerprint density at radius 3 is 2.44 bits per heavy atom. The van der Waals surface area contributed by atoms with Gasteiger partial charge in [-0.15, -0.1) is 0 Å². The minimum atomic E-state index is -4.73. The molecule has 0 fully saturated rings. The summed E-state index contributed by atoms with van der Waals surface area (Å²) in [6.07, 6.45) is -4.73. The van der Waals surface area contributed by atoms with Crippen LogP contribution in [0.3, 0.4) is 0 Å². The Morgan fingerprint density at radius 2 is 1.84 bits per heavy atom. The van der Waals surface area contributed by atoms with Crippen molar-refractivity contribution in [3.63, 3.8) is 0 Å². The molecule has 0 radical (unpaired) electrons. The van der Waals surface area contributed by atoms with E-state index in [1.165, 1.54) is 32.2 Å². The minimum absolute atomic E-state index is 0.200. The number of nitrogens with one attached hydrogen (secondary N) is 1. The Morgan fingerprint density at radius 1 is 1.16 bits per heavy atom. The number of carbonyl (C=O) groups is 1. The van der Waals surface area contributed by atoms with Crippen molar-refractivity contribution in [2.45, 2.75) is 31.0 Å². The molecule has 12 heteroatoms. The molecule has 0 saturated carbocycles. The Hall–Kier alpha value is -2.50. The number of rotatable bonds is 9. The van der Waals surface area contributed by atoms with Crippen molar-refractivity contribution in [3.8, 4) is 11.5 Å². The highest BCUT2D eigenvalue weighted by molar-refractivity contribution is 7.89.